The molecule has 6 heteroatoms. The number of amides is 1. The Hall–Kier alpha value is -1.78. The van der Waals surface area contributed by atoms with Gasteiger partial charge in [0, 0.05) is 14.3 Å². The van der Waals surface area contributed by atoms with E-state index in [9.17, 15) is 4.79 Å². The second-order valence-electron chi connectivity index (χ2n) is 4.05. The third-order valence-corrected chi connectivity index (χ3v) is 3.72. The third kappa shape index (κ3) is 4.34. The summed E-state index contributed by atoms with van der Waals surface area (Å²) >= 11 is 7.94. The van der Waals surface area contributed by atoms with Crippen LogP contribution in [0.25, 0.3) is 0 Å². The number of rotatable bonds is 4. The number of nitrogens with one attached hydrogen (secondary N) is 1. The molecule has 2 rings (SSSR count). The highest BCUT2D eigenvalue weighted by Crippen LogP contribution is 2.20. The molecule has 0 bridgehead atoms. The Bertz CT molecular complexity index is 696. The Balaban J connectivity index is 2.07. The molecule has 0 unspecified atom stereocenters. The highest BCUT2D eigenvalue weighted by atomic mass is 127. The van der Waals surface area contributed by atoms with E-state index in [0.717, 1.165) is 3.57 Å². The maximum absolute atomic E-state index is 12.2. The number of halogens is 2. The number of nitrogens with zero attached hydrogens (tertiary/aromatic N) is 1. The van der Waals surface area contributed by atoms with Crippen molar-refractivity contribution in [3.8, 4) is 11.8 Å². The van der Waals surface area contributed by atoms with Gasteiger partial charge in [0.25, 0.3) is 5.91 Å². The van der Waals surface area contributed by atoms with Crippen LogP contribution in [0.4, 0.5) is 5.69 Å². The van der Waals surface area contributed by atoms with E-state index in [4.69, 9.17) is 21.6 Å². The number of hydrogen-bond acceptors (Lipinski definition) is 3. The van der Waals surface area contributed by atoms with Crippen molar-refractivity contribution in [2.75, 3.05) is 11.9 Å². The van der Waals surface area contributed by atoms with Crippen molar-refractivity contribution in [3.63, 3.8) is 0 Å². The topological polar surface area (TPSA) is 62.1 Å². The first-order chi connectivity index (χ1) is 10.1. The van der Waals surface area contributed by atoms with E-state index in [-0.39, 0.29) is 12.5 Å². The lowest BCUT2D eigenvalue weighted by Gasteiger charge is -2.08. The molecular formula is C15H10ClIN2O2. The first-order valence-electron chi connectivity index (χ1n) is 5.96. The average Bonchev–Trinajstić information content (AvgIpc) is 2.46. The number of anilines is 1. The lowest BCUT2D eigenvalue weighted by Crippen LogP contribution is -2.13. The van der Waals surface area contributed by atoms with Crippen molar-refractivity contribution < 1.29 is 9.53 Å². The van der Waals surface area contributed by atoms with E-state index >= 15 is 0 Å². The van der Waals surface area contributed by atoms with Gasteiger partial charge in [-0.3, -0.25) is 4.79 Å². The van der Waals surface area contributed by atoms with Crippen LogP contribution in [0, 0.1) is 14.9 Å². The fourth-order valence-corrected chi connectivity index (χ4v) is 2.74. The van der Waals surface area contributed by atoms with Gasteiger partial charge < -0.3 is 10.1 Å². The normalized spacial score (nSPS) is 9.76. The van der Waals surface area contributed by atoms with Crippen LogP contribution in [-0.4, -0.2) is 12.5 Å². The van der Waals surface area contributed by atoms with Crippen LogP contribution >= 0.6 is 34.2 Å². The lowest BCUT2D eigenvalue weighted by atomic mass is 10.2. The molecule has 0 heterocycles. The predicted octanol–water partition coefficient (Wildman–Crippen LogP) is 4.10. The summed E-state index contributed by atoms with van der Waals surface area (Å²) in [6.45, 7) is -0.00528. The van der Waals surface area contributed by atoms with Crippen molar-refractivity contribution in [2.24, 2.45) is 0 Å². The molecule has 0 aromatic heterocycles. The zero-order valence-electron chi connectivity index (χ0n) is 10.8. The van der Waals surface area contributed by atoms with Crippen LogP contribution in [0.3, 0.4) is 0 Å². The molecule has 1 N–H and O–H groups in total. The number of benzene rings is 2. The molecular weight excluding hydrogens is 403 g/mol. The van der Waals surface area contributed by atoms with E-state index < -0.39 is 0 Å². The summed E-state index contributed by atoms with van der Waals surface area (Å²) in [4.78, 5) is 12.2. The van der Waals surface area contributed by atoms with E-state index in [2.05, 4.69) is 27.9 Å². The quantitative estimate of drug-likeness (QED) is 0.769. The van der Waals surface area contributed by atoms with Crippen LogP contribution in [0.5, 0.6) is 5.75 Å². The zero-order chi connectivity index (χ0) is 15.2. The molecule has 2 aromatic rings. The van der Waals surface area contributed by atoms with Gasteiger partial charge in [-0.2, -0.15) is 5.26 Å². The summed E-state index contributed by atoms with van der Waals surface area (Å²) < 4.78 is 5.93. The molecule has 0 radical (unpaired) electrons. The van der Waals surface area contributed by atoms with Crippen molar-refractivity contribution in [1.82, 2.24) is 0 Å². The molecule has 0 saturated heterocycles. The molecule has 0 saturated carbocycles. The second kappa shape index (κ2) is 7.29. The maximum atomic E-state index is 12.2. The van der Waals surface area contributed by atoms with Gasteiger partial charge in [-0.15, -0.1) is 0 Å². The first-order valence-corrected chi connectivity index (χ1v) is 7.42. The Morgan fingerprint density at radius 2 is 2.00 bits per heavy atom. The minimum atomic E-state index is -0.207. The smallest absolute Gasteiger partial charge is 0.256 e. The fourth-order valence-electron chi connectivity index (χ4n) is 1.62. The summed E-state index contributed by atoms with van der Waals surface area (Å²) in [6, 6.07) is 13.8. The number of carbonyl (C=O) groups is 1. The standard InChI is InChI=1S/C15H10ClIN2O2/c16-10-1-6-13(14(17)9-10)15(20)19-11-2-4-12(5-3-11)21-8-7-18/h1-6,9H,8H2,(H,19,20). The molecule has 0 fully saturated rings. The van der Waals surface area contributed by atoms with Gasteiger partial charge in [0.15, 0.2) is 6.61 Å². The molecule has 0 aliphatic heterocycles. The van der Waals surface area contributed by atoms with Gasteiger partial charge in [-0.1, -0.05) is 11.6 Å². The predicted molar refractivity (Wildman–Crippen MR) is 89.7 cm³/mol. The first kappa shape index (κ1) is 15.6. The molecule has 1 amide bonds. The summed E-state index contributed by atoms with van der Waals surface area (Å²) in [5.41, 5.74) is 1.21. The minimum absolute atomic E-state index is 0.00528. The highest BCUT2D eigenvalue weighted by molar-refractivity contribution is 14.1. The van der Waals surface area contributed by atoms with E-state index in [1.54, 1.807) is 42.5 Å². The van der Waals surface area contributed by atoms with Gasteiger partial charge in [0.05, 0.1) is 5.56 Å². The fraction of sp³-hybridized carbons (Fsp3) is 0.0667. The van der Waals surface area contributed by atoms with Crippen LogP contribution < -0.4 is 10.1 Å². The van der Waals surface area contributed by atoms with Crippen LogP contribution in [-0.2, 0) is 0 Å². The lowest BCUT2D eigenvalue weighted by molar-refractivity contribution is 0.102. The van der Waals surface area contributed by atoms with E-state index in [0.29, 0.717) is 22.0 Å². The van der Waals surface area contributed by atoms with Crippen LogP contribution in [0.1, 0.15) is 10.4 Å². The molecule has 0 spiro atoms. The number of carbonyl (C=O) groups excluding carboxylic acids is 1. The van der Waals surface area contributed by atoms with Gasteiger partial charge in [-0.25, -0.2) is 0 Å². The van der Waals surface area contributed by atoms with E-state index in [1.807, 2.05) is 6.07 Å². The Kier molecular flexibility index (Phi) is 5.42. The van der Waals surface area contributed by atoms with Gasteiger partial charge in [0.2, 0.25) is 0 Å². The van der Waals surface area contributed by atoms with Crippen molar-refractivity contribution >= 4 is 45.8 Å². The summed E-state index contributed by atoms with van der Waals surface area (Å²) in [7, 11) is 0. The summed E-state index contributed by atoms with van der Waals surface area (Å²) in [5.74, 6) is 0.373. The SMILES string of the molecule is N#CCOc1ccc(NC(=O)c2ccc(Cl)cc2I)cc1. The molecule has 106 valence electrons. The molecule has 21 heavy (non-hydrogen) atoms. The molecule has 0 atom stereocenters. The second-order valence-corrected chi connectivity index (χ2v) is 5.65. The molecule has 4 nitrogen and oxygen atoms in total. The van der Waals surface area contributed by atoms with Crippen molar-refractivity contribution in [2.45, 2.75) is 0 Å². The van der Waals surface area contributed by atoms with Crippen LogP contribution in [0.15, 0.2) is 42.5 Å². The van der Waals surface area contributed by atoms with E-state index in [1.165, 1.54) is 0 Å². The van der Waals surface area contributed by atoms with Crippen LogP contribution in [0.2, 0.25) is 5.02 Å². The zero-order valence-corrected chi connectivity index (χ0v) is 13.7. The largest absolute Gasteiger partial charge is 0.479 e. The number of nitriles is 1. The Morgan fingerprint density at radius 3 is 2.62 bits per heavy atom. The van der Waals surface area contributed by atoms with Crippen molar-refractivity contribution in [3.05, 3.63) is 56.6 Å². The summed E-state index contributed by atoms with van der Waals surface area (Å²) in [5, 5.41) is 11.8. The highest BCUT2D eigenvalue weighted by Gasteiger charge is 2.10. The summed E-state index contributed by atoms with van der Waals surface area (Å²) in [6.07, 6.45) is 0. The average molecular weight is 413 g/mol. The van der Waals surface area contributed by atoms with Gasteiger partial charge in [-0.05, 0) is 65.1 Å². The molecule has 2 aromatic carbocycles. The molecule has 0 aliphatic carbocycles. The molecule has 0 aliphatic rings. The van der Waals surface area contributed by atoms with Crippen molar-refractivity contribution in [1.29, 1.82) is 5.26 Å². The third-order valence-electron chi connectivity index (χ3n) is 2.59. The van der Waals surface area contributed by atoms with Gasteiger partial charge in [0.1, 0.15) is 11.8 Å². The Labute approximate surface area is 140 Å². The van der Waals surface area contributed by atoms with Gasteiger partial charge >= 0.3 is 0 Å². The minimum Gasteiger partial charge on any atom is -0.479 e. The number of ether oxygens (including phenoxy) is 1. The maximum Gasteiger partial charge on any atom is 0.256 e. The monoisotopic (exact) mass is 412 g/mol. The number of hydrogen-bond donors (Lipinski definition) is 1. The Morgan fingerprint density at radius 1 is 1.29 bits per heavy atom.